The largest absolute Gasteiger partial charge is 0.381 e. The second-order valence-corrected chi connectivity index (χ2v) is 9.06. The molecule has 0 aliphatic carbocycles. The molecule has 0 bridgehead atoms. The lowest BCUT2D eigenvalue weighted by Gasteiger charge is -2.37. The first-order chi connectivity index (χ1) is 15.8. The van der Waals surface area contributed by atoms with Crippen LogP contribution in [0.3, 0.4) is 0 Å². The first-order valence-corrected chi connectivity index (χ1v) is 11.8. The average Bonchev–Trinajstić information content (AvgIpc) is 2.85. The first-order valence-electron chi connectivity index (χ1n) is 11.8. The van der Waals surface area contributed by atoms with E-state index in [1.165, 1.54) is 11.1 Å². The maximum Gasteiger partial charge on any atom is 0.237 e. The van der Waals surface area contributed by atoms with Crippen molar-refractivity contribution in [2.24, 2.45) is 5.92 Å². The summed E-state index contributed by atoms with van der Waals surface area (Å²) in [5, 5.41) is 0. The van der Waals surface area contributed by atoms with Crippen LogP contribution >= 0.6 is 0 Å². The maximum absolute atomic E-state index is 13.2. The predicted octanol–water partition coefficient (Wildman–Crippen LogP) is 2.40. The van der Waals surface area contributed by atoms with Gasteiger partial charge in [0.25, 0.3) is 0 Å². The van der Waals surface area contributed by atoms with Gasteiger partial charge in [-0.1, -0.05) is 30.3 Å². The fourth-order valence-electron chi connectivity index (χ4n) is 4.95. The van der Waals surface area contributed by atoms with Crippen LogP contribution in [-0.4, -0.2) is 71.7 Å². The van der Waals surface area contributed by atoms with Crippen LogP contribution < -0.4 is 0 Å². The minimum absolute atomic E-state index is 0.124. The van der Waals surface area contributed by atoms with Gasteiger partial charge in [0.1, 0.15) is 5.82 Å². The fraction of sp³-hybridized carbons (Fsp3) is 0.560. The van der Waals surface area contributed by atoms with Gasteiger partial charge < -0.3 is 14.4 Å². The van der Waals surface area contributed by atoms with E-state index in [2.05, 4.69) is 22.0 Å². The molecule has 3 aliphatic rings. The number of fused-ring (bicyclic) bond motifs is 1. The molecule has 7 heteroatoms. The molecular weight excluding hydrogens is 404 g/mol. The van der Waals surface area contributed by atoms with Gasteiger partial charge in [-0.3, -0.25) is 9.69 Å². The zero-order chi connectivity index (χ0) is 21.8. The molecule has 2 fully saturated rings. The minimum Gasteiger partial charge on any atom is -0.381 e. The lowest BCUT2D eigenvalue weighted by molar-refractivity contribution is -0.135. The number of rotatable bonds is 5. The number of benzene rings is 1. The van der Waals surface area contributed by atoms with E-state index < -0.39 is 0 Å². The van der Waals surface area contributed by atoms with E-state index in [0.717, 1.165) is 63.5 Å². The van der Waals surface area contributed by atoms with Crippen molar-refractivity contribution in [2.75, 3.05) is 46.1 Å². The molecule has 32 heavy (non-hydrogen) atoms. The van der Waals surface area contributed by atoms with Crippen LogP contribution in [0.4, 0.5) is 0 Å². The molecule has 0 unspecified atom stereocenters. The lowest BCUT2D eigenvalue weighted by Crippen LogP contribution is -2.47. The Morgan fingerprint density at radius 3 is 2.75 bits per heavy atom. The van der Waals surface area contributed by atoms with Gasteiger partial charge in [0.15, 0.2) is 0 Å². The van der Waals surface area contributed by atoms with Crippen LogP contribution in [0.25, 0.3) is 0 Å². The Morgan fingerprint density at radius 1 is 1.06 bits per heavy atom. The van der Waals surface area contributed by atoms with Gasteiger partial charge in [0, 0.05) is 38.9 Å². The normalized spacial score (nSPS) is 22.5. The highest BCUT2D eigenvalue weighted by atomic mass is 16.5. The van der Waals surface area contributed by atoms with Crippen LogP contribution in [0, 0.1) is 5.92 Å². The number of hydrogen-bond acceptors (Lipinski definition) is 6. The van der Waals surface area contributed by atoms with Gasteiger partial charge in [0.05, 0.1) is 38.0 Å². The quantitative estimate of drug-likeness (QED) is 0.717. The molecule has 170 valence electrons. The predicted molar refractivity (Wildman–Crippen MR) is 120 cm³/mol. The van der Waals surface area contributed by atoms with Crippen molar-refractivity contribution >= 4 is 5.91 Å². The fourth-order valence-corrected chi connectivity index (χ4v) is 4.95. The van der Waals surface area contributed by atoms with Gasteiger partial charge in [-0.25, -0.2) is 9.97 Å². The van der Waals surface area contributed by atoms with Crippen molar-refractivity contribution in [1.29, 1.82) is 0 Å². The number of carbonyl (C=O) groups excluding carboxylic acids is 1. The molecule has 0 spiro atoms. The smallest absolute Gasteiger partial charge is 0.237 e. The molecule has 1 atom stereocenters. The van der Waals surface area contributed by atoms with Crippen molar-refractivity contribution in [3.05, 3.63) is 59.2 Å². The number of aromatic nitrogens is 2. The third-order valence-electron chi connectivity index (χ3n) is 6.92. The summed E-state index contributed by atoms with van der Waals surface area (Å²) >= 11 is 0. The summed E-state index contributed by atoms with van der Waals surface area (Å²) in [7, 11) is 0. The summed E-state index contributed by atoms with van der Waals surface area (Å²) in [6, 6.07) is 10.5. The molecule has 0 radical (unpaired) electrons. The van der Waals surface area contributed by atoms with Crippen LogP contribution in [-0.2, 0) is 33.7 Å². The Hall–Kier alpha value is -2.35. The Balaban J connectivity index is 1.23. The molecule has 2 saturated heterocycles. The lowest BCUT2D eigenvalue weighted by atomic mass is 9.96. The Labute approximate surface area is 189 Å². The minimum atomic E-state index is 0.124. The second-order valence-electron chi connectivity index (χ2n) is 9.06. The van der Waals surface area contributed by atoms with E-state index in [0.29, 0.717) is 32.2 Å². The third-order valence-corrected chi connectivity index (χ3v) is 6.92. The molecule has 2 aromatic rings. The highest BCUT2D eigenvalue weighted by molar-refractivity contribution is 5.78. The summed E-state index contributed by atoms with van der Waals surface area (Å²) in [5.41, 5.74) is 3.40. The van der Waals surface area contributed by atoms with Gasteiger partial charge in [-0.2, -0.15) is 0 Å². The summed E-state index contributed by atoms with van der Waals surface area (Å²) in [4.78, 5) is 26.9. The van der Waals surface area contributed by atoms with Crippen LogP contribution in [0.1, 0.15) is 41.5 Å². The third kappa shape index (κ3) is 5.00. The summed E-state index contributed by atoms with van der Waals surface area (Å²) in [6.45, 7) is 5.47. The molecule has 3 aliphatic heterocycles. The molecule has 1 aromatic heterocycles. The summed E-state index contributed by atoms with van der Waals surface area (Å²) < 4.78 is 11.2. The van der Waals surface area contributed by atoms with Gasteiger partial charge in [-0.05, 0) is 36.3 Å². The van der Waals surface area contributed by atoms with Crippen LogP contribution in [0.2, 0.25) is 0 Å². The van der Waals surface area contributed by atoms with Crippen molar-refractivity contribution in [3.8, 4) is 0 Å². The standard InChI is InChI=1S/C25H32N4O3/c30-25(17-28-10-13-32-18-23(28)20-4-2-1-3-5-20)29-9-6-21-15-26-24(27-22(21)16-29)14-19-7-11-31-12-8-19/h1-5,15,19,23H,6-14,16-18H2/t23-/m0/s1. The van der Waals surface area contributed by atoms with E-state index in [-0.39, 0.29) is 11.9 Å². The number of morpholine rings is 1. The van der Waals surface area contributed by atoms with Crippen molar-refractivity contribution < 1.29 is 14.3 Å². The number of amides is 1. The number of hydrogen-bond donors (Lipinski definition) is 0. The van der Waals surface area contributed by atoms with Gasteiger partial charge >= 0.3 is 0 Å². The number of carbonyl (C=O) groups is 1. The topological polar surface area (TPSA) is 67.8 Å². The molecule has 0 saturated carbocycles. The van der Waals surface area contributed by atoms with Gasteiger partial charge in [-0.15, -0.1) is 0 Å². The SMILES string of the molecule is O=C(CN1CCOC[C@H]1c1ccccc1)N1CCc2cnc(CC3CCOCC3)nc2C1. The van der Waals surface area contributed by atoms with E-state index in [9.17, 15) is 4.79 Å². The average molecular weight is 437 g/mol. The number of ether oxygens (including phenoxy) is 2. The monoisotopic (exact) mass is 436 g/mol. The number of nitrogens with zero attached hydrogens (tertiary/aromatic N) is 4. The van der Waals surface area contributed by atoms with Crippen molar-refractivity contribution in [1.82, 2.24) is 19.8 Å². The summed E-state index contributed by atoms with van der Waals surface area (Å²) in [5.74, 6) is 1.67. The molecule has 1 aromatic carbocycles. The Bertz CT molecular complexity index is 917. The van der Waals surface area contributed by atoms with E-state index in [1.54, 1.807) is 0 Å². The molecule has 0 N–H and O–H groups in total. The van der Waals surface area contributed by atoms with E-state index in [4.69, 9.17) is 14.5 Å². The zero-order valence-electron chi connectivity index (χ0n) is 18.6. The van der Waals surface area contributed by atoms with Gasteiger partial charge in [0.2, 0.25) is 5.91 Å². The van der Waals surface area contributed by atoms with E-state index >= 15 is 0 Å². The Kier molecular flexibility index (Phi) is 6.76. The molecule has 1 amide bonds. The maximum atomic E-state index is 13.2. The Morgan fingerprint density at radius 2 is 1.91 bits per heavy atom. The van der Waals surface area contributed by atoms with Crippen LogP contribution in [0.15, 0.2) is 36.5 Å². The molecular formula is C25H32N4O3. The highest BCUT2D eigenvalue weighted by Crippen LogP contribution is 2.25. The second kappa shape index (κ2) is 10.1. The van der Waals surface area contributed by atoms with Crippen molar-refractivity contribution in [2.45, 2.75) is 38.3 Å². The van der Waals surface area contributed by atoms with E-state index in [1.807, 2.05) is 29.3 Å². The van der Waals surface area contributed by atoms with Crippen LogP contribution in [0.5, 0.6) is 0 Å². The molecule has 4 heterocycles. The summed E-state index contributed by atoms with van der Waals surface area (Å²) in [6.07, 6.45) is 5.85. The van der Waals surface area contributed by atoms with Crippen molar-refractivity contribution in [3.63, 3.8) is 0 Å². The molecule has 7 nitrogen and oxygen atoms in total. The molecule has 5 rings (SSSR count). The highest BCUT2D eigenvalue weighted by Gasteiger charge is 2.29. The zero-order valence-corrected chi connectivity index (χ0v) is 18.6. The first kappa shape index (κ1) is 21.5.